The number of nitrogens with zero attached hydrogens (tertiary/aromatic N) is 1. The van der Waals surface area contributed by atoms with Crippen LogP contribution in [0.3, 0.4) is 0 Å². The topological polar surface area (TPSA) is 58.6 Å². The lowest BCUT2D eigenvalue weighted by molar-refractivity contribution is -0.167. The first-order valence-electron chi connectivity index (χ1n) is 5.20. The number of amides is 2. The molecule has 0 aliphatic heterocycles. The van der Waals surface area contributed by atoms with Gasteiger partial charge in [-0.1, -0.05) is 17.7 Å². The van der Waals surface area contributed by atoms with Crippen LogP contribution in [0.25, 0.3) is 0 Å². The molecule has 1 aromatic rings. The second-order valence-electron chi connectivity index (χ2n) is 3.63. The maximum Gasteiger partial charge on any atom is 0.265 e. The van der Waals surface area contributed by atoms with Crippen LogP contribution in [0.5, 0.6) is 0 Å². The molecule has 0 radical (unpaired) electrons. The van der Waals surface area contributed by atoms with E-state index in [-0.39, 0.29) is 18.4 Å². The third-order valence-electron chi connectivity index (χ3n) is 2.31. The molecular formula is C12H16N2O3. The molecule has 1 aromatic carbocycles. The molecule has 0 saturated heterocycles. The average molecular weight is 236 g/mol. The quantitative estimate of drug-likeness (QED) is 0.785. The first-order valence-corrected chi connectivity index (χ1v) is 5.20. The molecule has 2 amide bonds. The summed E-state index contributed by atoms with van der Waals surface area (Å²) in [6.45, 7) is 1.82. The highest BCUT2D eigenvalue weighted by Gasteiger charge is 2.10. The third-order valence-corrected chi connectivity index (χ3v) is 2.31. The molecule has 0 aliphatic rings. The highest BCUT2D eigenvalue weighted by Crippen LogP contribution is 2.03. The fraction of sp³-hybridized carbons (Fsp3) is 0.333. The predicted molar refractivity (Wildman–Crippen MR) is 63.3 cm³/mol. The smallest absolute Gasteiger partial charge is 0.265 e. The molecule has 0 fully saturated rings. The minimum absolute atomic E-state index is 0.0862. The Bertz CT molecular complexity index is 418. The van der Waals surface area contributed by atoms with Crippen LogP contribution in [-0.2, 0) is 9.63 Å². The fourth-order valence-corrected chi connectivity index (χ4v) is 1.26. The van der Waals surface area contributed by atoms with E-state index < -0.39 is 0 Å². The monoisotopic (exact) mass is 236 g/mol. The van der Waals surface area contributed by atoms with Crippen molar-refractivity contribution in [2.24, 2.45) is 0 Å². The fourth-order valence-electron chi connectivity index (χ4n) is 1.26. The summed E-state index contributed by atoms with van der Waals surface area (Å²) in [6, 6.07) is 7.17. The first kappa shape index (κ1) is 13.2. The lowest BCUT2D eigenvalue weighted by Gasteiger charge is -2.13. The van der Waals surface area contributed by atoms with Gasteiger partial charge in [-0.15, -0.1) is 0 Å². The Kier molecular flexibility index (Phi) is 4.66. The average Bonchev–Trinajstić information content (AvgIpc) is 2.34. The van der Waals surface area contributed by atoms with Crippen LogP contribution in [0.4, 0.5) is 0 Å². The second kappa shape index (κ2) is 6.00. The van der Waals surface area contributed by atoms with E-state index in [2.05, 4.69) is 5.32 Å². The summed E-state index contributed by atoms with van der Waals surface area (Å²) in [4.78, 5) is 27.8. The summed E-state index contributed by atoms with van der Waals surface area (Å²) < 4.78 is 0. The summed E-state index contributed by atoms with van der Waals surface area (Å²) in [5.74, 6) is -0.583. The zero-order valence-electron chi connectivity index (χ0n) is 10.2. The molecule has 0 atom stereocenters. The van der Waals surface area contributed by atoms with Gasteiger partial charge >= 0.3 is 0 Å². The van der Waals surface area contributed by atoms with E-state index in [0.717, 1.165) is 10.6 Å². The third kappa shape index (κ3) is 3.88. The molecule has 92 valence electrons. The Morgan fingerprint density at radius 2 is 2.12 bits per heavy atom. The summed E-state index contributed by atoms with van der Waals surface area (Å²) >= 11 is 0. The molecule has 0 unspecified atom stereocenters. The van der Waals surface area contributed by atoms with Gasteiger partial charge in [-0.05, 0) is 19.1 Å². The van der Waals surface area contributed by atoms with Crippen LogP contribution in [0, 0.1) is 6.92 Å². The summed E-state index contributed by atoms with van der Waals surface area (Å²) in [7, 11) is 2.88. The van der Waals surface area contributed by atoms with Crippen LogP contribution in [0.2, 0.25) is 0 Å². The van der Waals surface area contributed by atoms with Crippen molar-refractivity contribution in [1.82, 2.24) is 10.4 Å². The largest absolute Gasteiger partial charge is 0.343 e. The van der Waals surface area contributed by atoms with Gasteiger partial charge in [0, 0.05) is 12.6 Å². The number of aryl methyl sites for hydroxylation is 1. The SMILES string of the molecule is CON(C)C(=O)CNC(=O)c1cccc(C)c1. The van der Waals surface area contributed by atoms with Crippen molar-refractivity contribution >= 4 is 11.8 Å². The predicted octanol–water partition coefficient (Wildman–Crippen LogP) is 0.745. The number of likely N-dealkylation sites (N-methyl/N-ethyl adjacent to an activating group) is 1. The van der Waals surface area contributed by atoms with Gasteiger partial charge in [0.15, 0.2) is 0 Å². The van der Waals surface area contributed by atoms with E-state index >= 15 is 0 Å². The van der Waals surface area contributed by atoms with Crippen LogP contribution in [0.15, 0.2) is 24.3 Å². The lowest BCUT2D eigenvalue weighted by atomic mass is 10.1. The van der Waals surface area contributed by atoms with Crippen LogP contribution >= 0.6 is 0 Å². The van der Waals surface area contributed by atoms with E-state index in [1.807, 2.05) is 13.0 Å². The highest BCUT2D eigenvalue weighted by molar-refractivity contribution is 5.96. The Morgan fingerprint density at radius 3 is 2.71 bits per heavy atom. The van der Waals surface area contributed by atoms with Crippen molar-refractivity contribution in [3.8, 4) is 0 Å². The molecule has 0 heterocycles. The Hall–Kier alpha value is -1.88. The minimum atomic E-state index is -0.312. The molecule has 0 spiro atoms. The second-order valence-corrected chi connectivity index (χ2v) is 3.63. The Balaban J connectivity index is 2.53. The van der Waals surface area contributed by atoms with Crippen molar-refractivity contribution < 1.29 is 14.4 Å². The summed E-state index contributed by atoms with van der Waals surface area (Å²) in [5, 5.41) is 3.60. The summed E-state index contributed by atoms with van der Waals surface area (Å²) in [5.41, 5.74) is 1.54. The van der Waals surface area contributed by atoms with E-state index in [1.54, 1.807) is 18.2 Å². The van der Waals surface area contributed by atoms with Gasteiger partial charge in [-0.2, -0.15) is 0 Å². The molecule has 5 heteroatoms. The number of benzene rings is 1. The highest BCUT2D eigenvalue weighted by atomic mass is 16.7. The van der Waals surface area contributed by atoms with Crippen molar-refractivity contribution in [3.05, 3.63) is 35.4 Å². The van der Waals surface area contributed by atoms with Crippen molar-refractivity contribution in [3.63, 3.8) is 0 Å². The number of hydrogen-bond donors (Lipinski definition) is 1. The molecule has 0 saturated carbocycles. The van der Waals surface area contributed by atoms with Crippen LogP contribution in [-0.4, -0.2) is 37.6 Å². The van der Waals surface area contributed by atoms with Gasteiger partial charge in [0.1, 0.15) is 0 Å². The van der Waals surface area contributed by atoms with Gasteiger partial charge < -0.3 is 5.32 Å². The number of hydrogen-bond acceptors (Lipinski definition) is 3. The first-order chi connectivity index (χ1) is 8.04. The molecule has 1 N–H and O–H groups in total. The van der Waals surface area contributed by atoms with Crippen LogP contribution in [0.1, 0.15) is 15.9 Å². The Morgan fingerprint density at radius 1 is 1.41 bits per heavy atom. The molecule has 0 bridgehead atoms. The number of hydroxylamine groups is 2. The number of nitrogens with one attached hydrogen (secondary N) is 1. The summed E-state index contributed by atoms with van der Waals surface area (Å²) in [6.07, 6.45) is 0. The van der Waals surface area contributed by atoms with E-state index in [4.69, 9.17) is 4.84 Å². The maximum absolute atomic E-state index is 11.7. The maximum atomic E-state index is 11.7. The van der Waals surface area contributed by atoms with Crippen molar-refractivity contribution in [2.75, 3.05) is 20.7 Å². The number of carbonyl (C=O) groups is 2. The number of rotatable bonds is 4. The molecular weight excluding hydrogens is 220 g/mol. The van der Waals surface area contributed by atoms with Gasteiger partial charge in [-0.25, -0.2) is 5.06 Å². The zero-order chi connectivity index (χ0) is 12.8. The lowest BCUT2D eigenvalue weighted by Crippen LogP contribution is -2.37. The van der Waals surface area contributed by atoms with Crippen molar-refractivity contribution in [1.29, 1.82) is 0 Å². The molecule has 0 aliphatic carbocycles. The van der Waals surface area contributed by atoms with Gasteiger partial charge in [0.05, 0.1) is 13.7 Å². The van der Waals surface area contributed by atoms with Crippen LogP contribution < -0.4 is 5.32 Å². The van der Waals surface area contributed by atoms with E-state index in [1.165, 1.54) is 14.2 Å². The van der Waals surface area contributed by atoms with Crippen molar-refractivity contribution in [2.45, 2.75) is 6.92 Å². The van der Waals surface area contributed by atoms with E-state index in [0.29, 0.717) is 5.56 Å². The normalized spacial score (nSPS) is 9.82. The zero-order valence-corrected chi connectivity index (χ0v) is 10.2. The standard InChI is InChI=1S/C12H16N2O3/c1-9-5-4-6-10(7-9)12(16)13-8-11(15)14(2)17-3/h4-7H,8H2,1-3H3,(H,13,16). The Labute approximate surface area is 100 Å². The molecule has 17 heavy (non-hydrogen) atoms. The van der Waals surface area contributed by atoms with E-state index in [9.17, 15) is 9.59 Å². The minimum Gasteiger partial charge on any atom is -0.343 e. The van der Waals surface area contributed by atoms with Gasteiger partial charge in [-0.3, -0.25) is 14.4 Å². The van der Waals surface area contributed by atoms with Gasteiger partial charge in [0.2, 0.25) is 0 Å². The number of carbonyl (C=O) groups excluding carboxylic acids is 2. The molecule has 5 nitrogen and oxygen atoms in total. The van der Waals surface area contributed by atoms with Gasteiger partial charge in [0.25, 0.3) is 11.8 Å². The molecule has 1 rings (SSSR count). The molecule has 0 aromatic heterocycles.